The van der Waals surface area contributed by atoms with Crippen molar-refractivity contribution in [1.82, 2.24) is 0 Å². The number of nitrogens with two attached hydrogens (primary N) is 1. The SMILES string of the molecule is COC(=O)c1ccc(COC(CN)c2cc(F)cc(F)c2)cc1. The van der Waals surface area contributed by atoms with Gasteiger partial charge in [0, 0.05) is 12.6 Å². The summed E-state index contributed by atoms with van der Waals surface area (Å²) < 4.78 is 36.8. The zero-order chi connectivity index (χ0) is 16.8. The molecule has 1 atom stereocenters. The Morgan fingerprint density at radius 1 is 1.13 bits per heavy atom. The molecule has 0 radical (unpaired) electrons. The summed E-state index contributed by atoms with van der Waals surface area (Å²) in [6.45, 7) is 0.282. The van der Waals surface area contributed by atoms with Gasteiger partial charge in [0.2, 0.25) is 0 Å². The topological polar surface area (TPSA) is 61.5 Å². The highest BCUT2D eigenvalue weighted by molar-refractivity contribution is 5.89. The van der Waals surface area contributed by atoms with E-state index in [1.165, 1.54) is 19.2 Å². The fraction of sp³-hybridized carbons (Fsp3) is 0.235. The lowest BCUT2D eigenvalue weighted by atomic mass is 10.1. The summed E-state index contributed by atoms with van der Waals surface area (Å²) in [5.74, 6) is -1.78. The first-order chi connectivity index (χ1) is 11.0. The van der Waals surface area contributed by atoms with Crippen molar-refractivity contribution in [2.75, 3.05) is 13.7 Å². The molecule has 0 aliphatic carbocycles. The minimum absolute atomic E-state index is 0.0864. The molecule has 2 rings (SSSR count). The molecule has 23 heavy (non-hydrogen) atoms. The first-order valence-corrected chi connectivity index (χ1v) is 6.98. The lowest BCUT2D eigenvalue weighted by Crippen LogP contribution is -2.16. The largest absolute Gasteiger partial charge is 0.465 e. The third-order valence-electron chi connectivity index (χ3n) is 3.30. The second-order valence-corrected chi connectivity index (χ2v) is 4.93. The number of carbonyl (C=O) groups excluding carboxylic acids is 1. The molecule has 122 valence electrons. The summed E-state index contributed by atoms with van der Waals surface area (Å²) >= 11 is 0. The van der Waals surface area contributed by atoms with Gasteiger partial charge in [-0.3, -0.25) is 0 Å². The molecule has 0 amide bonds. The number of hydrogen-bond acceptors (Lipinski definition) is 4. The number of halogens is 2. The molecule has 2 N–H and O–H groups in total. The van der Waals surface area contributed by atoms with Crippen LogP contribution in [0.2, 0.25) is 0 Å². The first kappa shape index (κ1) is 17.1. The van der Waals surface area contributed by atoms with Crippen LogP contribution in [0.15, 0.2) is 42.5 Å². The average molecular weight is 321 g/mol. The van der Waals surface area contributed by atoms with E-state index < -0.39 is 23.7 Å². The van der Waals surface area contributed by atoms with Crippen molar-refractivity contribution in [2.24, 2.45) is 5.73 Å². The number of ether oxygens (including phenoxy) is 2. The van der Waals surface area contributed by atoms with E-state index in [1.807, 2.05) is 0 Å². The number of hydrogen-bond donors (Lipinski definition) is 1. The summed E-state index contributed by atoms with van der Waals surface area (Å²) in [5.41, 5.74) is 7.19. The monoisotopic (exact) mass is 321 g/mol. The van der Waals surface area contributed by atoms with E-state index in [4.69, 9.17) is 10.5 Å². The zero-order valence-corrected chi connectivity index (χ0v) is 12.6. The van der Waals surface area contributed by atoms with E-state index >= 15 is 0 Å². The van der Waals surface area contributed by atoms with Crippen LogP contribution in [0.25, 0.3) is 0 Å². The van der Waals surface area contributed by atoms with Crippen molar-refractivity contribution >= 4 is 5.97 Å². The minimum atomic E-state index is -0.676. The minimum Gasteiger partial charge on any atom is -0.465 e. The Morgan fingerprint density at radius 2 is 1.74 bits per heavy atom. The molecule has 0 aromatic heterocycles. The van der Waals surface area contributed by atoms with Crippen LogP contribution in [0, 0.1) is 11.6 Å². The molecule has 2 aromatic carbocycles. The maximum absolute atomic E-state index is 13.3. The van der Waals surface area contributed by atoms with E-state index in [2.05, 4.69) is 4.74 Å². The van der Waals surface area contributed by atoms with Gasteiger partial charge in [-0.1, -0.05) is 12.1 Å². The van der Waals surface area contributed by atoms with E-state index in [1.54, 1.807) is 24.3 Å². The van der Waals surface area contributed by atoms with Crippen molar-refractivity contribution in [3.05, 3.63) is 70.8 Å². The molecule has 2 aromatic rings. The van der Waals surface area contributed by atoms with E-state index in [0.29, 0.717) is 11.1 Å². The van der Waals surface area contributed by atoms with Gasteiger partial charge in [0.15, 0.2) is 0 Å². The first-order valence-electron chi connectivity index (χ1n) is 6.98. The van der Waals surface area contributed by atoms with Gasteiger partial charge in [0.1, 0.15) is 11.6 Å². The Kier molecular flexibility index (Phi) is 5.78. The third kappa shape index (κ3) is 4.58. The van der Waals surface area contributed by atoms with Crippen LogP contribution in [-0.4, -0.2) is 19.6 Å². The average Bonchev–Trinajstić information content (AvgIpc) is 2.54. The molecule has 0 aliphatic rings. The number of methoxy groups -OCH3 is 1. The Morgan fingerprint density at radius 3 is 2.26 bits per heavy atom. The van der Waals surface area contributed by atoms with Crippen molar-refractivity contribution in [1.29, 1.82) is 0 Å². The molecule has 0 heterocycles. The van der Waals surface area contributed by atoms with Crippen LogP contribution < -0.4 is 5.73 Å². The highest BCUT2D eigenvalue weighted by Gasteiger charge is 2.13. The Bertz CT molecular complexity index is 654. The van der Waals surface area contributed by atoms with E-state index in [-0.39, 0.29) is 13.2 Å². The lowest BCUT2D eigenvalue weighted by molar-refractivity contribution is 0.0452. The van der Waals surface area contributed by atoms with Gasteiger partial charge >= 0.3 is 5.97 Å². The van der Waals surface area contributed by atoms with E-state index in [9.17, 15) is 13.6 Å². The van der Waals surface area contributed by atoms with Gasteiger partial charge < -0.3 is 15.2 Å². The molecule has 0 spiro atoms. The van der Waals surface area contributed by atoms with Crippen LogP contribution >= 0.6 is 0 Å². The Labute approximate surface area is 132 Å². The molecule has 0 bridgehead atoms. The molecule has 0 aliphatic heterocycles. The molecule has 4 nitrogen and oxygen atoms in total. The van der Waals surface area contributed by atoms with Gasteiger partial charge in [-0.25, -0.2) is 13.6 Å². The normalized spacial score (nSPS) is 12.0. The van der Waals surface area contributed by atoms with E-state index in [0.717, 1.165) is 11.6 Å². The molecular weight excluding hydrogens is 304 g/mol. The predicted molar refractivity (Wildman–Crippen MR) is 80.7 cm³/mol. The maximum Gasteiger partial charge on any atom is 0.337 e. The molecule has 0 saturated heterocycles. The van der Waals surface area contributed by atoms with Gasteiger partial charge in [-0.05, 0) is 35.4 Å². The van der Waals surface area contributed by atoms with Gasteiger partial charge in [-0.2, -0.15) is 0 Å². The molecule has 0 saturated carbocycles. The van der Waals surface area contributed by atoms with Crippen molar-refractivity contribution in [2.45, 2.75) is 12.7 Å². The molecular formula is C17H17F2NO3. The second kappa shape index (κ2) is 7.80. The predicted octanol–water partition coefficient (Wildman–Crippen LogP) is 2.97. The van der Waals surface area contributed by atoms with Gasteiger partial charge in [0.25, 0.3) is 0 Å². The van der Waals surface area contributed by atoms with Crippen LogP contribution in [0.1, 0.15) is 27.6 Å². The molecule has 1 unspecified atom stereocenters. The number of esters is 1. The summed E-state index contributed by atoms with van der Waals surface area (Å²) in [6, 6.07) is 9.84. The highest BCUT2D eigenvalue weighted by Crippen LogP contribution is 2.20. The number of carbonyl (C=O) groups is 1. The summed E-state index contributed by atoms with van der Waals surface area (Å²) in [5, 5.41) is 0. The third-order valence-corrected chi connectivity index (χ3v) is 3.30. The lowest BCUT2D eigenvalue weighted by Gasteiger charge is -2.17. The maximum atomic E-state index is 13.3. The zero-order valence-electron chi connectivity index (χ0n) is 12.6. The highest BCUT2D eigenvalue weighted by atomic mass is 19.1. The van der Waals surface area contributed by atoms with Crippen molar-refractivity contribution in [3.63, 3.8) is 0 Å². The van der Waals surface area contributed by atoms with Gasteiger partial charge in [0.05, 0.1) is 25.4 Å². The Balaban J connectivity index is 2.04. The van der Waals surface area contributed by atoms with Crippen LogP contribution in [0.4, 0.5) is 8.78 Å². The number of benzene rings is 2. The quantitative estimate of drug-likeness (QED) is 0.831. The fourth-order valence-electron chi connectivity index (χ4n) is 2.11. The fourth-order valence-corrected chi connectivity index (χ4v) is 2.11. The smallest absolute Gasteiger partial charge is 0.337 e. The van der Waals surface area contributed by atoms with Crippen LogP contribution in [0.5, 0.6) is 0 Å². The van der Waals surface area contributed by atoms with Crippen LogP contribution in [-0.2, 0) is 16.1 Å². The van der Waals surface area contributed by atoms with Crippen molar-refractivity contribution < 1.29 is 23.0 Å². The van der Waals surface area contributed by atoms with Crippen molar-refractivity contribution in [3.8, 4) is 0 Å². The molecule has 6 heteroatoms. The Hall–Kier alpha value is -2.31. The summed E-state index contributed by atoms with van der Waals surface area (Å²) in [4.78, 5) is 11.3. The van der Waals surface area contributed by atoms with Crippen LogP contribution in [0.3, 0.4) is 0 Å². The van der Waals surface area contributed by atoms with Gasteiger partial charge in [-0.15, -0.1) is 0 Å². The number of rotatable bonds is 6. The standard InChI is InChI=1S/C17H17F2NO3/c1-22-17(21)12-4-2-11(3-5-12)10-23-16(9-20)13-6-14(18)8-15(19)7-13/h2-8,16H,9-10,20H2,1H3. The second-order valence-electron chi connectivity index (χ2n) is 4.93. The molecule has 0 fully saturated rings. The summed E-state index contributed by atoms with van der Waals surface area (Å²) in [7, 11) is 1.31. The summed E-state index contributed by atoms with van der Waals surface area (Å²) in [6.07, 6.45) is -0.625.